The van der Waals surface area contributed by atoms with Gasteiger partial charge < -0.3 is 11.1 Å². The number of hydrogen-bond donors (Lipinski definition) is 2. The molecule has 2 aromatic carbocycles. The number of pyridine rings is 1. The molecule has 0 saturated carbocycles. The summed E-state index contributed by atoms with van der Waals surface area (Å²) < 4.78 is 0.941. The fourth-order valence-electron chi connectivity index (χ4n) is 2.05. The summed E-state index contributed by atoms with van der Waals surface area (Å²) >= 11 is 9.54. The van der Waals surface area contributed by atoms with Gasteiger partial charge in [-0.05, 0) is 46.3 Å². The molecule has 0 bridgehead atoms. The van der Waals surface area contributed by atoms with E-state index in [1.54, 1.807) is 6.20 Å². The van der Waals surface area contributed by atoms with E-state index in [2.05, 4.69) is 26.2 Å². The van der Waals surface area contributed by atoms with E-state index in [0.717, 1.165) is 26.8 Å². The van der Waals surface area contributed by atoms with Gasteiger partial charge in [-0.1, -0.05) is 23.7 Å². The summed E-state index contributed by atoms with van der Waals surface area (Å²) in [6, 6.07) is 13.3. The lowest BCUT2D eigenvalue weighted by Gasteiger charge is -2.12. The van der Waals surface area contributed by atoms with Gasteiger partial charge >= 0.3 is 0 Å². The van der Waals surface area contributed by atoms with Crippen LogP contribution < -0.4 is 11.1 Å². The highest BCUT2D eigenvalue weighted by Gasteiger charge is 2.07. The molecular formula is C15H11BrClN3. The number of rotatable bonds is 2. The number of nitrogens with one attached hydrogen (secondary N) is 1. The Bertz CT molecular complexity index is 789. The number of nitrogen functional groups attached to an aromatic ring is 1. The predicted octanol–water partition coefficient (Wildman–Crippen LogP) is 4.98. The summed E-state index contributed by atoms with van der Waals surface area (Å²) in [6.07, 6.45) is 1.74. The number of benzene rings is 2. The van der Waals surface area contributed by atoms with Crippen molar-refractivity contribution in [3.05, 3.63) is 58.2 Å². The number of halogens is 2. The number of nitrogens with zero attached hydrogens (tertiary/aromatic N) is 1. The molecule has 3 rings (SSSR count). The summed E-state index contributed by atoms with van der Waals surface area (Å²) in [4.78, 5) is 4.32. The monoisotopic (exact) mass is 347 g/mol. The molecule has 0 aliphatic carbocycles. The molecule has 20 heavy (non-hydrogen) atoms. The number of para-hydroxylation sites is 1. The second-order valence-electron chi connectivity index (χ2n) is 4.35. The molecule has 5 heteroatoms. The summed E-state index contributed by atoms with van der Waals surface area (Å²) in [5.41, 5.74) is 9.23. The molecule has 0 spiro atoms. The molecule has 0 atom stereocenters. The lowest BCUT2D eigenvalue weighted by Crippen LogP contribution is -1.95. The largest absolute Gasteiger partial charge is 0.397 e. The van der Waals surface area contributed by atoms with Crippen LogP contribution in [0.5, 0.6) is 0 Å². The molecule has 0 saturated heterocycles. The second kappa shape index (κ2) is 5.31. The quantitative estimate of drug-likeness (QED) is 0.642. The SMILES string of the molecule is Nc1cccc2c(Nc3cc(Cl)ccc3Br)ccnc12. The van der Waals surface area contributed by atoms with Gasteiger partial charge in [-0.25, -0.2) is 0 Å². The molecule has 3 nitrogen and oxygen atoms in total. The first-order valence-corrected chi connectivity index (χ1v) is 7.17. The van der Waals surface area contributed by atoms with Crippen LogP contribution in [0, 0.1) is 0 Å². The van der Waals surface area contributed by atoms with E-state index in [1.807, 2.05) is 42.5 Å². The molecule has 1 aromatic heterocycles. The van der Waals surface area contributed by atoms with Gasteiger partial charge in [0.1, 0.15) is 0 Å². The van der Waals surface area contributed by atoms with Crippen LogP contribution in [0.1, 0.15) is 0 Å². The smallest absolute Gasteiger partial charge is 0.0951 e. The van der Waals surface area contributed by atoms with Crippen LogP contribution in [0.4, 0.5) is 17.1 Å². The minimum absolute atomic E-state index is 0.663. The van der Waals surface area contributed by atoms with Gasteiger partial charge in [-0.2, -0.15) is 0 Å². The van der Waals surface area contributed by atoms with Gasteiger partial charge in [0.15, 0.2) is 0 Å². The van der Waals surface area contributed by atoms with Crippen molar-refractivity contribution >= 4 is 55.5 Å². The van der Waals surface area contributed by atoms with Crippen LogP contribution in [0.15, 0.2) is 53.1 Å². The zero-order chi connectivity index (χ0) is 14.1. The van der Waals surface area contributed by atoms with Crippen molar-refractivity contribution in [2.24, 2.45) is 0 Å². The molecular weight excluding hydrogens is 338 g/mol. The summed E-state index contributed by atoms with van der Waals surface area (Å²) in [6.45, 7) is 0. The average Bonchev–Trinajstić information content (AvgIpc) is 2.44. The van der Waals surface area contributed by atoms with Crippen LogP contribution in [0.25, 0.3) is 10.9 Å². The molecule has 0 unspecified atom stereocenters. The third kappa shape index (κ3) is 2.44. The van der Waals surface area contributed by atoms with Gasteiger partial charge in [0, 0.05) is 26.8 Å². The molecule has 0 radical (unpaired) electrons. The third-order valence-corrected chi connectivity index (χ3v) is 3.93. The van der Waals surface area contributed by atoms with Crippen molar-refractivity contribution in [3.63, 3.8) is 0 Å². The minimum atomic E-state index is 0.663. The van der Waals surface area contributed by atoms with E-state index in [9.17, 15) is 0 Å². The Labute approximate surface area is 129 Å². The molecule has 0 amide bonds. The topological polar surface area (TPSA) is 50.9 Å². The van der Waals surface area contributed by atoms with E-state index in [1.165, 1.54) is 0 Å². The van der Waals surface area contributed by atoms with E-state index in [0.29, 0.717) is 10.7 Å². The van der Waals surface area contributed by atoms with Crippen molar-refractivity contribution in [2.45, 2.75) is 0 Å². The van der Waals surface area contributed by atoms with Crippen LogP contribution in [0.2, 0.25) is 5.02 Å². The fourth-order valence-corrected chi connectivity index (χ4v) is 2.56. The lowest BCUT2D eigenvalue weighted by atomic mass is 10.1. The maximum atomic E-state index is 6.03. The Morgan fingerprint density at radius 2 is 1.95 bits per heavy atom. The van der Waals surface area contributed by atoms with Crippen molar-refractivity contribution < 1.29 is 0 Å². The summed E-state index contributed by atoms with van der Waals surface area (Å²) in [5.74, 6) is 0. The van der Waals surface area contributed by atoms with Crippen LogP contribution >= 0.6 is 27.5 Å². The maximum absolute atomic E-state index is 6.03. The molecule has 0 aliphatic heterocycles. The van der Waals surface area contributed by atoms with Crippen molar-refractivity contribution in [1.29, 1.82) is 0 Å². The van der Waals surface area contributed by atoms with E-state index >= 15 is 0 Å². The van der Waals surface area contributed by atoms with Crippen LogP contribution in [-0.4, -0.2) is 4.98 Å². The Morgan fingerprint density at radius 1 is 1.10 bits per heavy atom. The van der Waals surface area contributed by atoms with E-state index in [-0.39, 0.29) is 0 Å². The van der Waals surface area contributed by atoms with Crippen molar-refractivity contribution in [3.8, 4) is 0 Å². The Hall–Kier alpha value is -1.78. The molecule has 100 valence electrons. The lowest BCUT2D eigenvalue weighted by molar-refractivity contribution is 1.40. The first-order chi connectivity index (χ1) is 9.65. The number of anilines is 3. The summed E-state index contributed by atoms with van der Waals surface area (Å²) in [7, 11) is 0. The normalized spacial score (nSPS) is 10.7. The van der Waals surface area contributed by atoms with Crippen LogP contribution in [-0.2, 0) is 0 Å². The first-order valence-electron chi connectivity index (χ1n) is 6.00. The molecule has 3 aromatic rings. The van der Waals surface area contributed by atoms with Gasteiger partial charge in [-0.3, -0.25) is 4.98 Å². The van der Waals surface area contributed by atoms with Crippen molar-refractivity contribution in [2.75, 3.05) is 11.1 Å². The number of nitrogens with two attached hydrogens (primary N) is 1. The number of aromatic nitrogens is 1. The maximum Gasteiger partial charge on any atom is 0.0951 e. The number of fused-ring (bicyclic) bond motifs is 1. The highest BCUT2D eigenvalue weighted by Crippen LogP contribution is 2.32. The Balaban J connectivity index is 2.11. The Morgan fingerprint density at radius 3 is 2.80 bits per heavy atom. The fraction of sp³-hybridized carbons (Fsp3) is 0. The number of hydrogen-bond acceptors (Lipinski definition) is 3. The first kappa shape index (κ1) is 13.2. The molecule has 1 heterocycles. The van der Waals surface area contributed by atoms with Gasteiger partial charge in [-0.15, -0.1) is 0 Å². The summed E-state index contributed by atoms with van der Waals surface area (Å²) in [5, 5.41) is 5.00. The second-order valence-corrected chi connectivity index (χ2v) is 5.64. The van der Waals surface area contributed by atoms with Crippen molar-refractivity contribution in [1.82, 2.24) is 4.98 Å². The molecule has 0 aliphatic rings. The van der Waals surface area contributed by atoms with Gasteiger partial charge in [0.05, 0.1) is 16.9 Å². The average molecular weight is 349 g/mol. The molecule has 3 N–H and O–H groups in total. The van der Waals surface area contributed by atoms with E-state index < -0.39 is 0 Å². The standard InChI is InChI=1S/C15H11BrClN3/c16-11-5-4-9(17)8-14(11)20-13-6-7-19-15-10(13)2-1-3-12(15)18/h1-8H,18H2,(H,19,20). The van der Waals surface area contributed by atoms with Gasteiger partial charge in [0.2, 0.25) is 0 Å². The highest BCUT2D eigenvalue weighted by molar-refractivity contribution is 9.10. The van der Waals surface area contributed by atoms with E-state index in [4.69, 9.17) is 17.3 Å². The predicted molar refractivity (Wildman–Crippen MR) is 88.6 cm³/mol. The zero-order valence-electron chi connectivity index (χ0n) is 10.4. The highest BCUT2D eigenvalue weighted by atomic mass is 79.9. The minimum Gasteiger partial charge on any atom is -0.397 e. The zero-order valence-corrected chi connectivity index (χ0v) is 12.7. The molecule has 0 fully saturated rings. The third-order valence-electron chi connectivity index (χ3n) is 3.00. The Kier molecular flexibility index (Phi) is 3.51. The van der Waals surface area contributed by atoms with Crippen LogP contribution in [0.3, 0.4) is 0 Å². The van der Waals surface area contributed by atoms with Gasteiger partial charge in [0.25, 0.3) is 0 Å².